The molecule has 2 heterocycles. The van der Waals surface area contributed by atoms with Crippen LogP contribution in [0.1, 0.15) is 26.3 Å². The van der Waals surface area contributed by atoms with E-state index in [1.54, 1.807) is 28.8 Å². The molecule has 0 atom stereocenters. The zero-order valence-corrected chi connectivity index (χ0v) is 16.7. The van der Waals surface area contributed by atoms with Crippen LogP contribution in [0.4, 0.5) is 0 Å². The lowest BCUT2D eigenvalue weighted by molar-refractivity contribution is -0.135. The Morgan fingerprint density at radius 1 is 1.10 bits per heavy atom. The van der Waals surface area contributed by atoms with Crippen LogP contribution in [0, 0.1) is 0 Å². The van der Waals surface area contributed by atoms with Crippen molar-refractivity contribution in [1.82, 2.24) is 9.88 Å². The summed E-state index contributed by atoms with van der Waals surface area (Å²) in [5.41, 5.74) is 1.38. The van der Waals surface area contributed by atoms with Gasteiger partial charge in [-0.3, -0.25) is 9.59 Å². The average Bonchev–Trinajstić information content (AvgIpc) is 3.32. The smallest absolute Gasteiger partial charge is 0.336 e. The second-order valence-corrected chi connectivity index (χ2v) is 7.30. The number of Topliss-reactive ketones (excluding diaryl/α,β-unsaturated/α-hetero) is 1. The third-order valence-corrected chi connectivity index (χ3v) is 5.04. The molecular weight excluding hydrogens is 424 g/mol. The fourth-order valence-corrected chi connectivity index (χ4v) is 3.52. The van der Waals surface area contributed by atoms with E-state index < -0.39 is 23.6 Å². The van der Waals surface area contributed by atoms with Crippen LogP contribution in [0.15, 0.2) is 60.4 Å². The number of nitrogens with one attached hydrogen (secondary N) is 1. The van der Waals surface area contributed by atoms with Gasteiger partial charge in [-0.2, -0.15) is 0 Å². The number of fused-ring (bicyclic) bond motifs is 1. The van der Waals surface area contributed by atoms with Crippen LogP contribution in [0.3, 0.4) is 0 Å². The number of hydrogen-bond donors (Lipinski definition) is 2. The summed E-state index contributed by atoms with van der Waals surface area (Å²) in [6.45, 7) is 0.190. The summed E-state index contributed by atoms with van der Waals surface area (Å²) in [7, 11) is 0. The van der Waals surface area contributed by atoms with Crippen LogP contribution < -0.4 is 5.32 Å². The molecule has 0 bridgehead atoms. The monoisotopic (exact) mass is 438 g/mol. The van der Waals surface area contributed by atoms with Gasteiger partial charge in [0.1, 0.15) is 6.61 Å². The van der Waals surface area contributed by atoms with Crippen molar-refractivity contribution in [3.05, 3.63) is 82.1 Å². The molecule has 1 amide bonds. The molecule has 0 unspecified atom stereocenters. The molecule has 31 heavy (non-hydrogen) atoms. The number of aromatic carboxylic acids is 1. The van der Waals surface area contributed by atoms with Gasteiger partial charge in [-0.25, -0.2) is 9.59 Å². The zero-order chi connectivity index (χ0) is 22.1. The first-order chi connectivity index (χ1) is 14.8. The molecule has 4 rings (SSSR count). The molecule has 0 aliphatic carbocycles. The van der Waals surface area contributed by atoms with E-state index in [1.165, 1.54) is 12.3 Å². The van der Waals surface area contributed by atoms with Crippen LogP contribution in [0.2, 0.25) is 5.02 Å². The van der Waals surface area contributed by atoms with E-state index in [9.17, 15) is 24.3 Å². The van der Waals surface area contributed by atoms with Gasteiger partial charge in [-0.15, -0.1) is 0 Å². The van der Waals surface area contributed by atoms with Crippen LogP contribution in [0.25, 0.3) is 10.9 Å². The molecule has 0 saturated heterocycles. The number of carbonyl (C=O) groups is 4. The predicted molar refractivity (Wildman–Crippen MR) is 111 cm³/mol. The van der Waals surface area contributed by atoms with Crippen LogP contribution >= 0.6 is 11.6 Å². The summed E-state index contributed by atoms with van der Waals surface area (Å²) >= 11 is 5.93. The minimum absolute atomic E-state index is 0.0506. The SMILES string of the molecule is O=C1C=C(NC(=O)C(=O)c2cn(Cc3ccc(Cl)cc3)c3cccc(C(=O)O)c23)CO1. The highest BCUT2D eigenvalue weighted by Gasteiger charge is 2.27. The van der Waals surface area contributed by atoms with Crippen LogP contribution in [0.5, 0.6) is 0 Å². The maximum Gasteiger partial charge on any atom is 0.336 e. The molecule has 1 aliphatic heterocycles. The highest BCUT2D eigenvalue weighted by molar-refractivity contribution is 6.45. The fraction of sp³-hybridized carbons (Fsp3) is 0.0909. The number of cyclic esters (lactones) is 1. The van der Waals surface area contributed by atoms with E-state index in [0.717, 1.165) is 11.6 Å². The van der Waals surface area contributed by atoms with Crippen molar-refractivity contribution in [2.45, 2.75) is 6.54 Å². The number of ketones is 1. The first-order valence-electron chi connectivity index (χ1n) is 9.16. The molecule has 1 aromatic heterocycles. The van der Waals surface area contributed by atoms with Crippen molar-refractivity contribution in [2.75, 3.05) is 6.61 Å². The third-order valence-electron chi connectivity index (χ3n) is 4.79. The fourth-order valence-electron chi connectivity index (χ4n) is 3.39. The number of ether oxygens (including phenoxy) is 1. The minimum atomic E-state index is -1.22. The first kappa shape index (κ1) is 20.4. The summed E-state index contributed by atoms with van der Waals surface area (Å²) in [6.07, 6.45) is 2.54. The lowest BCUT2D eigenvalue weighted by Crippen LogP contribution is -2.31. The predicted octanol–water partition coefficient (Wildman–Crippen LogP) is 2.78. The maximum absolute atomic E-state index is 12.9. The van der Waals surface area contributed by atoms with Gasteiger partial charge >= 0.3 is 11.9 Å². The molecule has 3 aromatic rings. The Morgan fingerprint density at radius 3 is 2.48 bits per heavy atom. The molecule has 8 nitrogen and oxygen atoms in total. The summed E-state index contributed by atoms with van der Waals surface area (Å²) in [6, 6.07) is 11.7. The summed E-state index contributed by atoms with van der Waals surface area (Å²) in [5.74, 6) is -3.75. The van der Waals surface area contributed by atoms with E-state index in [4.69, 9.17) is 16.3 Å². The van der Waals surface area contributed by atoms with Gasteiger partial charge in [-0.1, -0.05) is 29.8 Å². The molecule has 156 valence electrons. The Bertz CT molecular complexity index is 1270. The Balaban J connectivity index is 1.76. The maximum atomic E-state index is 12.9. The first-order valence-corrected chi connectivity index (χ1v) is 9.54. The molecule has 2 N–H and O–H groups in total. The molecule has 1 aliphatic rings. The van der Waals surface area contributed by atoms with Gasteiger partial charge in [0, 0.05) is 34.7 Å². The molecular formula is C22H15ClN2O6. The van der Waals surface area contributed by atoms with Gasteiger partial charge < -0.3 is 19.7 Å². The number of nitrogens with zero attached hydrogens (tertiary/aromatic N) is 1. The number of amides is 1. The summed E-state index contributed by atoms with van der Waals surface area (Å²) in [4.78, 5) is 48.4. The number of aromatic nitrogens is 1. The zero-order valence-electron chi connectivity index (χ0n) is 15.9. The summed E-state index contributed by atoms with van der Waals surface area (Å²) in [5, 5.41) is 12.7. The summed E-state index contributed by atoms with van der Waals surface area (Å²) < 4.78 is 6.40. The quantitative estimate of drug-likeness (QED) is 0.347. The number of benzene rings is 2. The number of carboxylic acid groups (broad SMARTS) is 1. The molecule has 0 saturated carbocycles. The standard InChI is InChI=1S/C22H15ClN2O6/c23-13-6-4-12(5-7-13)9-25-10-16(19-15(22(29)30)2-1-3-17(19)25)20(27)21(28)24-14-8-18(26)31-11-14/h1-8,10H,9,11H2,(H,24,28)(H,29,30). The second-order valence-electron chi connectivity index (χ2n) is 6.86. The number of rotatable bonds is 6. The van der Waals surface area contributed by atoms with Crippen molar-refractivity contribution < 1.29 is 29.0 Å². The van der Waals surface area contributed by atoms with E-state index in [-0.39, 0.29) is 28.8 Å². The van der Waals surface area contributed by atoms with Gasteiger partial charge in [-0.05, 0) is 29.8 Å². The number of carboxylic acids is 1. The Labute approximate surface area is 180 Å². The number of carbonyl (C=O) groups excluding carboxylic acids is 3. The molecule has 0 spiro atoms. The van der Waals surface area contributed by atoms with E-state index in [2.05, 4.69) is 5.32 Å². The number of hydrogen-bond acceptors (Lipinski definition) is 5. The van der Waals surface area contributed by atoms with Gasteiger partial charge in [0.05, 0.1) is 16.8 Å². The third kappa shape index (κ3) is 4.06. The van der Waals surface area contributed by atoms with Crippen molar-refractivity contribution >= 4 is 46.1 Å². The largest absolute Gasteiger partial charge is 0.478 e. The van der Waals surface area contributed by atoms with Crippen LogP contribution in [-0.2, 0) is 20.9 Å². The van der Waals surface area contributed by atoms with Crippen molar-refractivity contribution in [2.24, 2.45) is 0 Å². The van der Waals surface area contributed by atoms with Crippen molar-refractivity contribution in [3.63, 3.8) is 0 Å². The highest BCUT2D eigenvalue weighted by atomic mass is 35.5. The Hall–Kier alpha value is -3.91. The Kier molecular flexibility index (Phi) is 5.31. The topological polar surface area (TPSA) is 115 Å². The number of halogens is 1. The highest BCUT2D eigenvalue weighted by Crippen LogP contribution is 2.27. The van der Waals surface area contributed by atoms with Crippen molar-refractivity contribution in [1.29, 1.82) is 0 Å². The molecule has 0 fully saturated rings. The van der Waals surface area contributed by atoms with E-state index in [1.807, 2.05) is 12.1 Å². The van der Waals surface area contributed by atoms with E-state index in [0.29, 0.717) is 17.1 Å². The lowest BCUT2D eigenvalue weighted by atomic mass is 10.0. The normalized spacial score (nSPS) is 13.1. The second kappa shape index (κ2) is 8.08. The Morgan fingerprint density at radius 2 is 1.84 bits per heavy atom. The minimum Gasteiger partial charge on any atom is -0.478 e. The molecule has 0 radical (unpaired) electrons. The van der Waals surface area contributed by atoms with Crippen LogP contribution in [-0.4, -0.2) is 39.9 Å². The molecule has 2 aromatic carbocycles. The van der Waals surface area contributed by atoms with Crippen molar-refractivity contribution in [3.8, 4) is 0 Å². The average molecular weight is 439 g/mol. The van der Waals surface area contributed by atoms with E-state index >= 15 is 0 Å². The molecule has 9 heteroatoms. The van der Waals surface area contributed by atoms with Gasteiger partial charge in [0.25, 0.3) is 11.7 Å². The van der Waals surface area contributed by atoms with Gasteiger partial charge in [0.2, 0.25) is 0 Å². The lowest BCUT2D eigenvalue weighted by Gasteiger charge is -2.06. The number of esters is 1. The van der Waals surface area contributed by atoms with Gasteiger partial charge in [0.15, 0.2) is 0 Å².